The summed E-state index contributed by atoms with van der Waals surface area (Å²) in [4.78, 5) is 0. The molecule has 0 atom stereocenters. The van der Waals surface area contributed by atoms with Gasteiger partial charge in [-0.1, -0.05) is 0 Å². The Labute approximate surface area is 121 Å². The molecule has 5 nitrogen and oxygen atoms in total. The van der Waals surface area contributed by atoms with E-state index >= 15 is 0 Å². The first kappa shape index (κ1) is 15.5. The Hall–Kier alpha value is -0.845. The number of aliphatic hydroxyl groups is 1. The maximum absolute atomic E-state index is 8.95. The molecule has 1 N–H and O–H groups in total. The molecule has 0 spiro atoms. The van der Waals surface area contributed by atoms with E-state index in [0.717, 1.165) is 16.9 Å². The Morgan fingerprint density at radius 1 is 1.15 bits per heavy atom. The van der Waals surface area contributed by atoms with Gasteiger partial charge in [0.25, 0.3) is 0 Å². The normalized spacial score (nSPS) is 20.6. The lowest BCUT2D eigenvalue weighted by atomic mass is 9.77. The molecule has 2 rings (SSSR count). The van der Waals surface area contributed by atoms with E-state index in [-0.39, 0.29) is 24.9 Å². The number of aryl methyl sites for hydroxylation is 2. The van der Waals surface area contributed by atoms with Gasteiger partial charge in [-0.2, -0.15) is 5.10 Å². The minimum atomic E-state index is -0.372. The molecule has 1 aliphatic rings. The van der Waals surface area contributed by atoms with Crippen LogP contribution in [0.3, 0.4) is 0 Å². The molecule has 0 radical (unpaired) electrons. The van der Waals surface area contributed by atoms with Gasteiger partial charge in [-0.15, -0.1) is 0 Å². The van der Waals surface area contributed by atoms with Crippen LogP contribution in [-0.4, -0.2) is 39.8 Å². The van der Waals surface area contributed by atoms with Gasteiger partial charge in [0.05, 0.1) is 16.9 Å². The molecule has 2 heterocycles. The van der Waals surface area contributed by atoms with Crippen LogP contribution < -0.4 is 5.46 Å². The molecule has 1 aromatic rings. The predicted octanol–water partition coefficient (Wildman–Crippen LogP) is 1.18. The summed E-state index contributed by atoms with van der Waals surface area (Å²) < 4.78 is 14.1. The van der Waals surface area contributed by atoms with Gasteiger partial charge in [-0.05, 0) is 48.0 Å². The molecule has 1 aromatic heterocycles. The maximum atomic E-state index is 8.95. The summed E-state index contributed by atoms with van der Waals surface area (Å²) in [7, 11) is -0.372. The van der Waals surface area contributed by atoms with Gasteiger partial charge in [0.1, 0.15) is 0 Å². The topological polar surface area (TPSA) is 56.5 Å². The zero-order valence-electron chi connectivity index (χ0n) is 13.4. The first-order valence-electron chi connectivity index (χ1n) is 7.20. The van der Waals surface area contributed by atoms with Gasteiger partial charge in [-0.25, -0.2) is 0 Å². The molecule has 0 unspecified atom stereocenters. The van der Waals surface area contributed by atoms with E-state index in [1.807, 2.05) is 46.2 Å². The minimum Gasteiger partial charge on any atom is -0.399 e. The third-order valence-corrected chi connectivity index (χ3v) is 4.45. The zero-order valence-corrected chi connectivity index (χ0v) is 13.4. The van der Waals surface area contributed by atoms with Crippen LogP contribution in [0.4, 0.5) is 0 Å². The van der Waals surface area contributed by atoms with Crippen molar-refractivity contribution in [2.75, 3.05) is 6.61 Å². The second-order valence-electron chi connectivity index (χ2n) is 6.47. The third kappa shape index (κ3) is 2.52. The monoisotopic (exact) mass is 280 g/mol. The van der Waals surface area contributed by atoms with E-state index in [9.17, 15) is 0 Å². The number of aromatic nitrogens is 2. The molecular weight excluding hydrogens is 255 g/mol. The average Bonchev–Trinajstić information content (AvgIpc) is 2.70. The highest BCUT2D eigenvalue weighted by Crippen LogP contribution is 2.36. The highest BCUT2D eigenvalue weighted by molar-refractivity contribution is 6.63. The molecule has 0 amide bonds. The number of rotatable bonds is 4. The number of aliphatic hydroxyl groups excluding tert-OH is 1. The summed E-state index contributed by atoms with van der Waals surface area (Å²) in [6.07, 6.45) is 0.699. The van der Waals surface area contributed by atoms with Crippen molar-refractivity contribution in [3.05, 3.63) is 11.4 Å². The molecule has 6 heteroatoms. The largest absolute Gasteiger partial charge is 0.498 e. The fraction of sp³-hybridized carbons (Fsp3) is 0.786. The second kappa shape index (κ2) is 5.17. The Bertz CT molecular complexity index is 481. The second-order valence-corrected chi connectivity index (χ2v) is 6.47. The van der Waals surface area contributed by atoms with Crippen LogP contribution in [0.2, 0.25) is 0 Å². The van der Waals surface area contributed by atoms with Gasteiger partial charge < -0.3 is 14.4 Å². The fourth-order valence-corrected chi connectivity index (χ4v) is 2.45. The van der Waals surface area contributed by atoms with Crippen molar-refractivity contribution in [1.29, 1.82) is 0 Å². The molecule has 0 bridgehead atoms. The summed E-state index contributed by atoms with van der Waals surface area (Å²) in [5.74, 6) is 0. The summed E-state index contributed by atoms with van der Waals surface area (Å²) in [5, 5.41) is 13.5. The average molecular weight is 280 g/mol. The van der Waals surface area contributed by atoms with Crippen molar-refractivity contribution in [3.8, 4) is 0 Å². The molecule has 1 fully saturated rings. The minimum absolute atomic E-state index is 0.171. The van der Waals surface area contributed by atoms with Crippen molar-refractivity contribution in [1.82, 2.24) is 9.78 Å². The smallest absolute Gasteiger partial charge is 0.399 e. The first-order chi connectivity index (χ1) is 9.19. The van der Waals surface area contributed by atoms with E-state index in [2.05, 4.69) is 5.10 Å². The highest BCUT2D eigenvalue weighted by Gasteiger charge is 2.53. The van der Waals surface area contributed by atoms with E-state index in [0.29, 0.717) is 13.0 Å². The van der Waals surface area contributed by atoms with Gasteiger partial charge in [0.2, 0.25) is 0 Å². The molecule has 0 saturated carbocycles. The van der Waals surface area contributed by atoms with Crippen LogP contribution in [0, 0.1) is 13.8 Å². The molecular formula is C14H25BN2O3. The molecule has 0 aromatic carbocycles. The van der Waals surface area contributed by atoms with Crippen LogP contribution in [0.25, 0.3) is 0 Å². The number of hydrogen-bond acceptors (Lipinski definition) is 4. The third-order valence-electron chi connectivity index (χ3n) is 4.45. The van der Waals surface area contributed by atoms with Crippen LogP contribution in [0.1, 0.15) is 45.5 Å². The lowest BCUT2D eigenvalue weighted by Gasteiger charge is -2.32. The SMILES string of the molecule is Cc1nn(CCCO)c(C)c1B1OC(C)(C)C(C)(C)O1. The van der Waals surface area contributed by atoms with E-state index in [1.54, 1.807) is 0 Å². The van der Waals surface area contributed by atoms with Gasteiger partial charge in [0.15, 0.2) is 0 Å². The van der Waals surface area contributed by atoms with Crippen molar-refractivity contribution < 1.29 is 14.4 Å². The van der Waals surface area contributed by atoms with Crippen molar-refractivity contribution in [2.45, 2.75) is 65.7 Å². The quantitative estimate of drug-likeness (QED) is 0.841. The Balaban J connectivity index is 2.29. The lowest BCUT2D eigenvalue weighted by Crippen LogP contribution is -2.41. The molecule has 1 saturated heterocycles. The maximum Gasteiger partial charge on any atom is 0.498 e. The first-order valence-corrected chi connectivity index (χ1v) is 7.20. The van der Waals surface area contributed by atoms with Crippen molar-refractivity contribution >= 4 is 12.6 Å². The molecule has 0 aliphatic carbocycles. The summed E-state index contributed by atoms with van der Waals surface area (Å²) in [5.41, 5.74) is 2.31. The fourth-order valence-electron chi connectivity index (χ4n) is 2.45. The molecule has 1 aliphatic heterocycles. The van der Waals surface area contributed by atoms with Crippen LogP contribution in [0.15, 0.2) is 0 Å². The van der Waals surface area contributed by atoms with Crippen LogP contribution >= 0.6 is 0 Å². The Morgan fingerprint density at radius 2 is 1.70 bits per heavy atom. The van der Waals surface area contributed by atoms with Gasteiger partial charge in [0, 0.05) is 24.3 Å². The Kier molecular flexibility index (Phi) is 4.02. The van der Waals surface area contributed by atoms with Crippen molar-refractivity contribution in [3.63, 3.8) is 0 Å². The van der Waals surface area contributed by atoms with E-state index < -0.39 is 0 Å². The predicted molar refractivity (Wildman–Crippen MR) is 79.1 cm³/mol. The van der Waals surface area contributed by atoms with Crippen molar-refractivity contribution in [2.24, 2.45) is 0 Å². The summed E-state index contributed by atoms with van der Waals surface area (Å²) in [6.45, 7) is 13.1. The molecule has 20 heavy (non-hydrogen) atoms. The number of hydrogen-bond donors (Lipinski definition) is 1. The zero-order chi connectivity index (χ0) is 15.1. The Morgan fingerprint density at radius 3 is 2.20 bits per heavy atom. The summed E-state index contributed by atoms with van der Waals surface area (Å²) in [6, 6.07) is 0. The highest BCUT2D eigenvalue weighted by atomic mass is 16.7. The lowest BCUT2D eigenvalue weighted by molar-refractivity contribution is 0.00578. The van der Waals surface area contributed by atoms with E-state index in [4.69, 9.17) is 14.4 Å². The standard InChI is InChI=1S/C14H25BN2O3/c1-10-12(11(2)17(16-10)8-7-9-18)15-19-13(3,4)14(5,6)20-15/h18H,7-9H2,1-6H3. The van der Waals surface area contributed by atoms with Gasteiger partial charge in [-0.3, -0.25) is 4.68 Å². The summed E-state index contributed by atoms with van der Waals surface area (Å²) >= 11 is 0. The van der Waals surface area contributed by atoms with Crippen LogP contribution in [-0.2, 0) is 15.9 Å². The van der Waals surface area contributed by atoms with E-state index in [1.165, 1.54) is 0 Å². The number of nitrogens with zero attached hydrogens (tertiary/aromatic N) is 2. The van der Waals surface area contributed by atoms with Gasteiger partial charge >= 0.3 is 7.12 Å². The molecule has 112 valence electrons. The van der Waals surface area contributed by atoms with Crippen LogP contribution in [0.5, 0.6) is 0 Å².